The predicted molar refractivity (Wildman–Crippen MR) is 66.3 cm³/mol. The summed E-state index contributed by atoms with van der Waals surface area (Å²) in [5.74, 6) is -0.171. The average molecular weight is 280 g/mol. The van der Waals surface area contributed by atoms with Gasteiger partial charge in [0.2, 0.25) is 0 Å². The maximum Gasteiger partial charge on any atom is 0.323 e. The summed E-state index contributed by atoms with van der Waals surface area (Å²) in [6, 6.07) is 0.0603. The first-order valence-corrected chi connectivity index (χ1v) is 6.43. The van der Waals surface area contributed by atoms with Crippen LogP contribution in [0.5, 0.6) is 0 Å². The second-order valence-corrected chi connectivity index (χ2v) is 5.68. The molecule has 90 valence electrons. The minimum Gasteiger partial charge on any atom is -0.459 e. The first-order chi connectivity index (χ1) is 6.76. The standard InChI is InChI=1S/C11H22BrNO2/c1-8(2)13-9(6-7-12)10(14)15-11(3,4)5/h8-9,13H,6-7H2,1-5H3. The monoisotopic (exact) mass is 279 g/mol. The Kier molecular flexibility index (Phi) is 6.44. The van der Waals surface area contributed by atoms with Gasteiger partial charge in [-0.3, -0.25) is 4.79 Å². The molecule has 15 heavy (non-hydrogen) atoms. The molecule has 1 N–H and O–H groups in total. The molecular weight excluding hydrogens is 258 g/mol. The van der Waals surface area contributed by atoms with Crippen LogP contribution < -0.4 is 5.32 Å². The average Bonchev–Trinajstić information content (AvgIpc) is 1.99. The molecule has 0 rings (SSSR count). The number of halogens is 1. The zero-order valence-electron chi connectivity index (χ0n) is 10.3. The van der Waals surface area contributed by atoms with Gasteiger partial charge in [0.1, 0.15) is 11.6 Å². The van der Waals surface area contributed by atoms with Gasteiger partial charge >= 0.3 is 5.97 Å². The van der Waals surface area contributed by atoms with E-state index in [9.17, 15) is 4.79 Å². The smallest absolute Gasteiger partial charge is 0.323 e. The summed E-state index contributed by atoms with van der Waals surface area (Å²) in [6.45, 7) is 9.68. The molecule has 0 aromatic heterocycles. The lowest BCUT2D eigenvalue weighted by molar-refractivity contribution is -0.157. The predicted octanol–water partition coefficient (Wildman–Crippen LogP) is 2.48. The number of nitrogens with one attached hydrogen (secondary N) is 1. The lowest BCUT2D eigenvalue weighted by Crippen LogP contribution is -2.44. The van der Waals surface area contributed by atoms with E-state index in [1.54, 1.807) is 0 Å². The van der Waals surface area contributed by atoms with E-state index in [2.05, 4.69) is 21.2 Å². The maximum absolute atomic E-state index is 11.8. The van der Waals surface area contributed by atoms with Crippen molar-refractivity contribution >= 4 is 21.9 Å². The first kappa shape index (κ1) is 14.9. The van der Waals surface area contributed by atoms with E-state index in [-0.39, 0.29) is 18.1 Å². The van der Waals surface area contributed by atoms with Gasteiger partial charge in [0.25, 0.3) is 0 Å². The van der Waals surface area contributed by atoms with E-state index >= 15 is 0 Å². The summed E-state index contributed by atoms with van der Waals surface area (Å²) in [5.41, 5.74) is -0.416. The third-order valence-corrected chi connectivity index (χ3v) is 2.08. The fraction of sp³-hybridized carbons (Fsp3) is 0.909. The van der Waals surface area contributed by atoms with Crippen LogP contribution in [0.15, 0.2) is 0 Å². The molecule has 0 saturated heterocycles. The molecule has 0 spiro atoms. The lowest BCUT2D eigenvalue weighted by atomic mass is 10.1. The molecule has 1 atom stereocenters. The summed E-state index contributed by atoms with van der Waals surface area (Å²) < 4.78 is 5.33. The Balaban J connectivity index is 4.28. The van der Waals surface area contributed by atoms with Crippen LogP contribution in [0.3, 0.4) is 0 Å². The largest absolute Gasteiger partial charge is 0.459 e. The van der Waals surface area contributed by atoms with Gasteiger partial charge in [0.15, 0.2) is 0 Å². The Morgan fingerprint density at radius 3 is 2.27 bits per heavy atom. The van der Waals surface area contributed by atoms with Crippen LogP contribution >= 0.6 is 15.9 Å². The highest BCUT2D eigenvalue weighted by molar-refractivity contribution is 9.09. The van der Waals surface area contributed by atoms with Gasteiger partial charge in [-0.2, -0.15) is 0 Å². The molecule has 0 saturated carbocycles. The second-order valence-electron chi connectivity index (χ2n) is 4.89. The fourth-order valence-electron chi connectivity index (χ4n) is 1.15. The van der Waals surface area contributed by atoms with Crippen LogP contribution in [0, 0.1) is 0 Å². The Morgan fingerprint density at radius 1 is 1.40 bits per heavy atom. The van der Waals surface area contributed by atoms with Crippen LogP contribution in [0.25, 0.3) is 0 Å². The number of rotatable bonds is 5. The van der Waals surface area contributed by atoms with Crippen molar-refractivity contribution in [3.63, 3.8) is 0 Å². The number of carbonyl (C=O) groups excluding carboxylic acids is 1. The van der Waals surface area contributed by atoms with Crippen LogP contribution in [0.1, 0.15) is 41.0 Å². The zero-order chi connectivity index (χ0) is 12.1. The summed E-state index contributed by atoms with van der Waals surface area (Å²) in [6.07, 6.45) is 0.743. The molecule has 1 unspecified atom stereocenters. The van der Waals surface area contributed by atoms with E-state index in [1.165, 1.54) is 0 Å². The van der Waals surface area contributed by atoms with Gasteiger partial charge in [0, 0.05) is 11.4 Å². The molecule has 0 bridgehead atoms. The third-order valence-electron chi connectivity index (χ3n) is 1.62. The summed E-state index contributed by atoms with van der Waals surface area (Å²) in [4.78, 5) is 11.8. The first-order valence-electron chi connectivity index (χ1n) is 5.31. The molecule has 0 aliphatic heterocycles. The molecule has 0 aliphatic rings. The summed E-state index contributed by atoms with van der Waals surface area (Å²) >= 11 is 3.34. The second kappa shape index (κ2) is 6.48. The molecule has 0 aromatic carbocycles. The molecule has 0 aromatic rings. The Hall–Kier alpha value is -0.0900. The van der Waals surface area contributed by atoms with Crippen molar-refractivity contribution in [2.45, 2.75) is 58.7 Å². The van der Waals surface area contributed by atoms with Crippen molar-refractivity contribution in [2.24, 2.45) is 0 Å². The molecule has 0 heterocycles. The van der Waals surface area contributed by atoms with Crippen LogP contribution in [-0.4, -0.2) is 29.0 Å². The van der Waals surface area contributed by atoms with Crippen LogP contribution in [-0.2, 0) is 9.53 Å². The summed E-state index contributed by atoms with van der Waals surface area (Å²) in [5, 5.41) is 3.99. The highest BCUT2D eigenvalue weighted by atomic mass is 79.9. The van der Waals surface area contributed by atoms with E-state index in [0.29, 0.717) is 0 Å². The highest BCUT2D eigenvalue weighted by Gasteiger charge is 2.24. The minimum atomic E-state index is -0.416. The number of hydrogen-bond acceptors (Lipinski definition) is 3. The number of carbonyl (C=O) groups is 1. The number of ether oxygens (including phenoxy) is 1. The molecule has 0 radical (unpaired) electrons. The van der Waals surface area contributed by atoms with E-state index < -0.39 is 5.60 Å². The normalized spacial score (nSPS) is 14.1. The van der Waals surface area contributed by atoms with E-state index in [4.69, 9.17) is 4.74 Å². The van der Waals surface area contributed by atoms with Gasteiger partial charge in [-0.1, -0.05) is 29.8 Å². The van der Waals surface area contributed by atoms with Gasteiger partial charge < -0.3 is 10.1 Å². The van der Waals surface area contributed by atoms with E-state index in [1.807, 2.05) is 34.6 Å². The molecule has 0 amide bonds. The van der Waals surface area contributed by atoms with Crippen molar-refractivity contribution in [1.82, 2.24) is 5.32 Å². The van der Waals surface area contributed by atoms with Crippen LogP contribution in [0.2, 0.25) is 0 Å². The highest BCUT2D eigenvalue weighted by Crippen LogP contribution is 2.10. The SMILES string of the molecule is CC(C)NC(CCBr)C(=O)OC(C)(C)C. The molecule has 0 fully saturated rings. The minimum absolute atomic E-state index is 0.171. The molecule has 0 aliphatic carbocycles. The Morgan fingerprint density at radius 2 is 1.93 bits per heavy atom. The van der Waals surface area contributed by atoms with Gasteiger partial charge in [-0.25, -0.2) is 0 Å². The Labute approximate surface area is 101 Å². The number of hydrogen-bond donors (Lipinski definition) is 1. The topological polar surface area (TPSA) is 38.3 Å². The lowest BCUT2D eigenvalue weighted by Gasteiger charge is -2.25. The van der Waals surface area contributed by atoms with Crippen molar-refractivity contribution in [2.75, 3.05) is 5.33 Å². The Bertz CT molecular complexity index is 199. The molecule has 4 heteroatoms. The zero-order valence-corrected chi connectivity index (χ0v) is 11.8. The maximum atomic E-state index is 11.8. The number of alkyl halides is 1. The molecular formula is C11H22BrNO2. The number of esters is 1. The van der Waals surface area contributed by atoms with Gasteiger partial charge in [-0.15, -0.1) is 0 Å². The van der Waals surface area contributed by atoms with Crippen molar-refractivity contribution < 1.29 is 9.53 Å². The van der Waals surface area contributed by atoms with Crippen molar-refractivity contribution in [3.05, 3.63) is 0 Å². The van der Waals surface area contributed by atoms with Gasteiger partial charge in [0.05, 0.1) is 0 Å². The van der Waals surface area contributed by atoms with Crippen LogP contribution in [0.4, 0.5) is 0 Å². The summed E-state index contributed by atoms with van der Waals surface area (Å²) in [7, 11) is 0. The fourth-order valence-corrected chi connectivity index (χ4v) is 1.61. The van der Waals surface area contributed by atoms with Gasteiger partial charge in [-0.05, 0) is 27.2 Å². The molecule has 3 nitrogen and oxygen atoms in total. The van der Waals surface area contributed by atoms with Crippen molar-refractivity contribution in [3.8, 4) is 0 Å². The van der Waals surface area contributed by atoms with E-state index in [0.717, 1.165) is 11.8 Å². The quantitative estimate of drug-likeness (QED) is 0.621. The third kappa shape index (κ3) is 7.79. The van der Waals surface area contributed by atoms with Crippen molar-refractivity contribution in [1.29, 1.82) is 0 Å².